The van der Waals surface area contributed by atoms with Gasteiger partial charge in [-0.25, -0.2) is 4.68 Å². The summed E-state index contributed by atoms with van der Waals surface area (Å²) in [6.45, 7) is 2.65. The zero-order valence-corrected chi connectivity index (χ0v) is 17.2. The van der Waals surface area contributed by atoms with Crippen molar-refractivity contribution in [3.05, 3.63) is 77.6 Å². The summed E-state index contributed by atoms with van der Waals surface area (Å²) in [5.41, 5.74) is 3.41. The Kier molecular flexibility index (Phi) is 6.00. The molecule has 29 heavy (non-hydrogen) atoms. The molecule has 4 rings (SSSR count). The molecule has 1 atom stereocenters. The van der Waals surface area contributed by atoms with Crippen LogP contribution < -0.4 is 15.5 Å². The van der Waals surface area contributed by atoms with Gasteiger partial charge >= 0.3 is 0 Å². The minimum Gasteiger partial charge on any atom is -0.369 e. The van der Waals surface area contributed by atoms with Gasteiger partial charge in [-0.05, 0) is 48.4 Å². The first-order valence-corrected chi connectivity index (χ1v) is 10.2. The SMILES string of the molecule is CN=C(NCc1ccc(-n2cccn2)cc1)NC1CCN(c2cccc(Cl)c2)C1. The molecule has 2 aromatic carbocycles. The molecule has 3 aromatic rings. The molecule has 1 unspecified atom stereocenters. The molecular weight excluding hydrogens is 384 g/mol. The maximum absolute atomic E-state index is 6.13. The van der Waals surface area contributed by atoms with E-state index in [4.69, 9.17) is 11.6 Å². The molecule has 0 spiro atoms. The maximum atomic E-state index is 6.13. The third-order valence-corrected chi connectivity index (χ3v) is 5.33. The smallest absolute Gasteiger partial charge is 0.191 e. The zero-order valence-electron chi connectivity index (χ0n) is 16.4. The molecule has 2 heterocycles. The fraction of sp³-hybridized carbons (Fsp3) is 0.273. The molecule has 0 bridgehead atoms. The van der Waals surface area contributed by atoms with E-state index in [0.29, 0.717) is 12.6 Å². The lowest BCUT2D eigenvalue weighted by Gasteiger charge is -2.20. The number of rotatable bonds is 5. The van der Waals surface area contributed by atoms with Gasteiger partial charge in [0.2, 0.25) is 0 Å². The second kappa shape index (κ2) is 9.01. The number of aliphatic imine (C=N–C) groups is 1. The molecule has 0 saturated carbocycles. The lowest BCUT2D eigenvalue weighted by molar-refractivity contribution is 0.648. The first kappa shape index (κ1) is 19.3. The van der Waals surface area contributed by atoms with Crippen LogP contribution in [0, 0.1) is 0 Å². The van der Waals surface area contributed by atoms with Crippen LogP contribution in [0.2, 0.25) is 5.02 Å². The molecule has 1 saturated heterocycles. The highest BCUT2D eigenvalue weighted by Gasteiger charge is 2.23. The Morgan fingerprint density at radius 1 is 1.17 bits per heavy atom. The van der Waals surface area contributed by atoms with Gasteiger partial charge in [-0.3, -0.25) is 4.99 Å². The number of halogens is 1. The standard InChI is InChI=1S/C22H25ClN6/c1-24-22(25-15-17-6-8-20(9-7-17)29-12-3-11-26-29)27-19-10-13-28(16-19)21-5-2-4-18(23)14-21/h2-9,11-12,14,19H,10,13,15-16H2,1H3,(H2,24,25,27). The summed E-state index contributed by atoms with van der Waals surface area (Å²) in [6.07, 6.45) is 4.78. The van der Waals surface area contributed by atoms with E-state index in [-0.39, 0.29) is 0 Å². The monoisotopic (exact) mass is 408 g/mol. The van der Waals surface area contributed by atoms with Crippen molar-refractivity contribution in [2.45, 2.75) is 19.0 Å². The van der Waals surface area contributed by atoms with Crippen LogP contribution >= 0.6 is 11.6 Å². The second-order valence-corrected chi connectivity index (χ2v) is 7.54. The third-order valence-electron chi connectivity index (χ3n) is 5.09. The predicted molar refractivity (Wildman–Crippen MR) is 119 cm³/mol. The Labute approximate surface area is 176 Å². The van der Waals surface area contributed by atoms with Crippen LogP contribution in [0.5, 0.6) is 0 Å². The maximum Gasteiger partial charge on any atom is 0.191 e. The van der Waals surface area contributed by atoms with Gasteiger partial charge < -0.3 is 15.5 Å². The van der Waals surface area contributed by atoms with Crippen molar-refractivity contribution in [3.8, 4) is 5.69 Å². The van der Waals surface area contributed by atoms with Crippen molar-refractivity contribution in [3.63, 3.8) is 0 Å². The molecular formula is C22H25ClN6. The van der Waals surface area contributed by atoms with Crippen LogP contribution in [-0.4, -0.2) is 41.9 Å². The van der Waals surface area contributed by atoms with Crippen LogP contribution in [0.15, 0.2) is 72.0 Å². The van der Waals surface area contributed by atoms with Crippen molar-refractivity contribution in [2.24, 2.45) is 4.99 Å². The number of hydrogen-bond donors (Lipinski definition) is 2. The summed E-state index contributed by atoms with van der Waals surface area (Å²) in [6, 6.07) is 18.6. The van der Waals surface area contributed by atoms with Gasteiger partial charge in [-0.15, -0.1) is 0 Å². The molecule has 0 amide bonds. The third kappa shape index (κ3) is 4.90. The van der Waals surface area contributed by atoms with E-state index in [1.54, 1.807) is 13.2 Å². The predicted octanol–water partition coefficient (Wildman–Crippen LogP) is 3.47. The lowest BCUT2D eigenvalue weighted by Crippen LogP contribution is -2.44. The van der Waals surface area contributed by atoms with Crippen LogP contribution in [0.1, 0.15) is 12.0 Å². The molecule has 7 heteroatoms. The van der Waals surface area contributed by atoms with Gasteiger partial charge in [-0.2, -0.15) is 5.10 Å². The topological polar surface area (TPSA) is 57.5 Å². The van der Waals surface area contributed by atoms with E-state index in [1.807, 2.05) is 35.1 Å². The van der Waals surface area contributed by atoms with E-state index in [2.05, 4.69) is 56.0 Å². The number of guanidine groups is 1. The summed E-state index contributed by atoms with van der Waals surface area (Å²) in [4.78, 5) is 6.73. The molecule has 1 aliphatic rings. The molecule has 150 valence electrons. The largest absolute Gasteiger partial charge is 0.369 e. The van der Waals surface area contributed by atoms with Crippen LogP contribution in [0.25, 0.3) is 5.69 Å². The van der Waals surface area contributed by atoms with Gasteiger partial charge in [0, 0.05) is 55.8 Å². The van der Waals surface area contributed by atoms with Crippen molar-refractivity contribution >= 4 is 23.2 Å². The summed E-state index contributed by atoms with van der Waals surface area (Å²) < 4.78 is 1.85. The zero-order chi connectivity index (χ0) is 20.1. The second-order valence-electron chi connectivity index (χ2n) is 7.10. The van der Waals surface area contributed by atoms with Gasteiger partial charge in [0.05, 0.1) is 5.69 Å². The van der Waals surface area contributed by atoms with Crippen LogP contribution in [0.3, 0.4) is 0 Å². The molecule has 0 aliphatic carbocycles. The van der Waals surface area contributed by atoms with Gasteiger partial charge in [-0.1, -0.05) is 29.8 Å². The fourth-order valence-electron chi connectivity index (χ4n) is 3.55. The number of nitrogens with zero attached hydrogens (tertiary/aromatic N) is 4. The van der Waals surface area contributed by atoms with Crippen LogP contribution in [-0.2, 0) is 6.54 Å². The Bertz CT molecular complexity index is 952. The average molecular weight is 409 g/mol. The Balaban J connectivity index is 1.29. The van der Waals surface area contributed by atoms with Crippen LogP contribution in [0.4, 0.5) is 5.69 Å². The molecule has 6 nitrogen and oxygen atoms in total. The summed E-state index contributed by atoms with van der Waals surface area (Å²) >= 11 is 6.13. The van der Waals surface area contributed by atoms with Crippen molar-refractivity contribution < 1.29 is 0 Å². The van der Waals surface area contributed by atoms with Gasteiger partial charge in [0.25, 0.3) is 0 Å². The van der Waals surface area contributed by atoms with Gasteiger partial charge in [0.15, 0.2) is 5.96 Å². The fourth-order valence-corrected chi connectivity index (χ4v) is 3.73. The molecule has 2 N–H and O–H groups in total. The first-order valence-electron chi connectivity index (χ1n) is 9.78. The average Bonchev–Trinajstić information content (AvgIpc) is 3.44. The number of anilines is 1. The Hall–Kier alpha value is -2.99. The quantitative estimate of drug-likeness (QED) is 0.501. The first-order chi connectivity index (χ1) is 14.2. The molecule has 1 aliphatic heterocycles. The highest BCUT2D eigenvalue weighted by Crippen LogP contribution is 2.23. The summed E-state index contributed by atoms with van der Waals surface area (Å²) in [5, 5.41) is 12.0. The highest BCUT2D eigenvalue weighted by atomic mass is 35.5. The Morgan fingerprint density at radius 3 is 2.76 bits per heavy atom. The lowest BCUT2D eigenvalue weighted by atomic mass is 10.2. The minimum absolute atomic E-state index is 0.349. The number of hydrogen-bond acceptors (Lipinski definition) is 3. The van der Waals surface area contributed by atoms with Crippen molar-refractivity contribution in [1.29, 1.82) is 0 Å². The minimum atomic E-state index is 0.349. The summed E-state index contributed by atoms with van der Waals surface area (Å²) in [5.74, 6) is 0.819. The Morgan fingerprint density at radius 2 is 2.03 bits per heavy atom. The number of benzene rings is 2. The number of aromatic nitrogens is 2. The van der Waals surface area contributed by atoms with E-state index in [1.165, 1.54) is 11.3 Å². The molecule has 1 fully saturated rings. The summed E-state index contributed by atoms with van der Waals surface area (Å²) in [7, 11) is 1.81. The molecule has 0 radical (unpaired) electrons. The highest BCUT2D eigenvalue weighted by molar-refractivity contribution is 6.30. The van der Waals surface area contributed by atoms with Crippen molar-refractivity contribution in [2.75, 3.05) is 25.0 Å². The van der Waals surface area contributed by atoms with E-state index in [0.717, 1.165) is 36.2 Å². The van der Waals surface area contributed by atoms with E-state index in [9.17, 15) is 0 Å². The van der Waals surface area contributed by atoms with Crippen molar-refractivity contribution in [1.82, 2.24) is 20.4 Å². The normalized spacial score (nSPS) is 16.8. The number of nitrogens with one attached hydrogen (secondary N) is 2. The van der Waals surface area contributed by atoms with E-state index >= 15 is 0 Å². The molecule has 1 aromatic heterocycles. The van der Waals surface area contributed by atoms with E-state index < -0.39 is 0 Å². The van der Waals surface area contributed by atoms with Gasteiger partial charge in [0.1, 0.15) is 0 Å².